The molecule has 2 atom stereocenters. The van der Waals surface area contributed by atoms with Gasteiger partial charge in [0, 0.05) is 12.6 Å². The molecule has 0 spiro atoms. The van der Waals surface area contributed by atoms with Crippen LogP contribution in [0, 0.1) is 5.82 Å². The monoisotopic (exact) mass is 583 g/mol. The van der Waals surface area contributed by atoms with E-state index in [9.17, 15) is 22.4 Å². The number of carbonyl (C=O) groups is 2. The Bertz CT molecular complexity index is 1380. The molecule has 3 rings (SSSR count). The van der Waals surface area contributed by atoms with Gasteiger partial charge in [-0.3, -0.25) is 13.9 Å². The van der Waals surface area contributed by atoms with Crippen LogP contribution in [0.5, 0.6) is 5.75 Å². The first kappa shape index (κ1) is 31.6. The summed E-state index contributed by atoms with van der Waals surface area (Å²) < 4.78 is 47.9. The van der Waals surface area contributed by atoms with Crippen LogP contribution in [0.15, 0.2) is 83.8 Å². The number of ether oxygens (including phenoxy) is 1. The first-order valence-electron chi connectivity index (χ1n) is 13.8. The van der Waals surface area contributed by atoms with Crippen LogP contribution in [0.2, 0.25) is 0 Å². The summed E-state index contributed by atoms with van der Waals surface area (Å²) >= 11 is 0. The van der Waals surface area contributed by atoms with E-state index in [1.165, 1.54) is 29.2 Å². The highest BCUT2D eigenvalue weighted by atomic mass is 32.2. The second-order valence-corrected chi connectivity index (χ2v) is 11.5. The average molecular weight is 584 g/mol. The molecule has 2 amide bonds. The van der Waals surface area contributed by atoms with Crippen LogP contribution in [-0.2, 0) is 26.2 Å². The van der Waals surface area contributed by atoms with E-state index in [1.54, 1.807) is 61.5 Å². The second-order valence-electron chi connectivity index (χ2n) is 9.64. The Kier molecular flexibility index (Phi) is 11.3. The molecule has 3 aromatic carbocycles. The molecule has 0 fully saturated rings. The molecule has 3 aromatic rings. The Labute approximate surface area is 242 Å². The summed E-state index contributed by atoms with van der Waals surface area (Å²) in [6.45, 7) is 7.33. The van der Waals surface area contributed by atoms with Crippen molar-refractivity contribution < 1.29 is 27.1 Å². The first-order chi connectivity index (χ1) is 19.6. The van der Waals surface area contributed by atoms with E-state index in [2.05, 4.69) is 5.32 Å². The Morgan fingerprint density at radius 1 is 0.902 bits per heavy atom. The summed E-state index contributed by atoms with van der Waals surface area (Å²) in [5.74, 6) is -0.779. The van der Waals surface area contributed by atoms with Crippen molar-refractivity contribution in [2.24, 2.45) is 0 Å². The van der Waals surface area contributed by atoms with Gasteiger partial charge in [-0.15, -0.1) is 0 Å². The summed E-state index contributed by atoms with van der Waals surface area (Å²) in [6.07, 6.45) is 0.999. The number of hydrogen-bond acceptors (Lipinski definition) is 5. The number of sulfonamides is 1. The van der Waals surface area contributed by atoms with Gasteiger partial charge in [-0.2, -0.15) is 0 Å². The molecule has 0 unspecified atom stereocenters. The van der Waals surface area contributed by atoms with E-state index in [0.717, 1.165) is 4.31 Å². The number of rotatable bonds is 14. The summed E-state index contributed by atoms with van der Waals surface area (Å²) in [4.78, 5) is 28.7. The smallest absolute Gasteiger partial charge is 0.264 e. The summed E-state index contributed by atoms with van der Waals surface area (Å²) in [5.41, 5.74) is 0.873. The fourth-order valence-electron chi connectivity index (χ4n) is 4.27. The minimum atomic E-state index is -4.17. The number of nitrogens with one attached hydrogen (secondary N) is 1. The number of anilines is 1. The topological polar surface area (TPSA) is 96.0 Å². The van der Waals surface area contributed by atoms with Crippen LogP contribution in [0.1, 0.15) is 46.1 Å². The van der Waals surface area contributed by atoms with Gasteiger partial charge in [0.25, 0.3) is 10.0 Å². The van der Waals surface area contributed by atoms with Crippen molar-refractivity contribution in [1.82, 2.24) is 10.2 Å². The number of amides is 2. The van der Waals surface area contributed by atoms with E-state index in [0.29, 0.717) is 30.8 Å². The number of halogens is 1. The standard InChI is InChI=1S/C31H38FN3O5S/c1-5-23(4)33-31(37)29(6-2)34(21-24-13-15-25(32)16-14-24)30(36)22-35(26-17-19-27(20-18-26)40-7-3)41(38,39)28-11-9-8-10-12-28/h8-20,23,29H,5-7,21-22H2,1-4H3,(H,33,37)/t23-,29+/m0/s1. The quantitative estimate of drug-likeness (QED) is 0.284. The number of carbonyl (C=O) groups excluding carboxylic acids is 2. The molecule has 0 radical (unpaired) electrons. The van der Waals surface area contributed by atoms with Crippen molar-refractivity contribution in [1.29, 1.82) is 0 Å². The van der Waals surface area contributed by atoms with Gasteiger partial charge in [0.2, 0.25) is 11.8 Å². The van der Waals surface area contributed by atoms with Gasteiger partial charge in [0.15, 0.2) is 0 Å². The van der Waals surface area contributed by atoms with Gasteiger partial charge in [-0.05, 0) is 80.8 Å². The summed E-state index contributed by atoms with van der Waals surface area (Å²) in [7, 11) is -4.17. The zero-order chi connectivity index (χ0) is 30.0. The van der Waals surface area contributed by atoms with Gasteiger partial charge < -0.3 is 15.0 Å². The largest absolute Gasteiger partial charge is 0.494 e. The maximum atomic E-state index is 14.0. The molecule has 0 aliphatic carbocycles. The van der Waals surface area contributed by atoms with Crippen LogP contribution in [0.25, 0.3) is 0 Å². The maximum Gasteiger partial charge on any atom is 0.264 e. The van der Waals surface area contributed by atoms with Crippen molar-refractivity contribution in [2.75, 3.05) is 17.5 Å². The Morgan fingerprint density at radius 3 is 2.10 bits per heavy atom. The molecular formula is C31H38FN3O5S. The highest BCUT2D eigenvalue weighted by Crippen LogP contribution is 2.27. The molecule has 0 aliphatic heterocycles. The predicted octanol–water partition coefficient (Wildman–Crippen LogP) is 5.14. The fourth-order valence-corrected chi connectivity index (χ4v) is 5.71. The molecule has 0 bridgehead atoms. The SMILES string of the molecule is CCOc1ccc(N(CC(=O)N(Cc2ccc(F)cc2)[C@H](CC)C(=O)N[C@@H](C)CC)S(=O)(=O)c2ccccc2)cc1. The van der Waals surface area contributed by atoms with Gasteiger partial charge in [0.1, 0.15) is 24.2 Å². The zero-order valence-corrected chi connectivity index (χ0v) is 24.7. The van der Waals surface area contributed by atoms with Crippen molar-refractivity contribution >= 4 is 27.5 Å². The Hall–Kier alpha value is -3.92. The van der Waals surface area contributed by atoms with E-state index >= 15 is 0 Å². The number of benzene rings is 3. The van der Waals surface area contributed by atoms with Crippen LogP contribution in [0.4, 0.5) is 10.1 Å². The van der Waals surface area contributed by atoms with Gasteiger partial charge in [-0.1, -0.05) is 44.2 Å². The van der Waals surface area contributed by atoms with Crippen molar-refractivity contribution in [3.63, 3.8) is 0 Å². The lowest BCUT2D eigenvalue weighted by molar-refractivity contribution is -0.140. The lowest BCUT2D eigenvalue weighted by atomic mass is 10.1. The Balaban J connectivity index is 2.04. The normalized spacial score (nSPS) is 12.7. The average Bonchev–Trinajstić information content (AvgIpc) is 2.97. The van der Waals surface area contributed by atoms with Crippen LogP contribution >= 0.6 is 0 Å². The number of nitrogens with zero attached hydrogens (tertiary/aromatic N) is 2. The first-order valence-corrected chi connectivity index (χ1v) is 15.2. The predicted molar refractivity (Wildman–Crippen MR) is 158 cm³/mol. The highest BCUT2D eigenvalue weighted by Gasteiger charge is 2.34. The molecule has 1 N–H and O–H groups in total. The zero-order valence-electron chi connectivity index (χ0n) is 23.9. The number of hydrogen-bond donors (Lipinski definition) is 1. The second kappa shape index (κ2) is 14.6. The third kappa shape index (κ3) is 8.29. The van der Waals surface area contributed by atoms with Crippen molar-refractivity contribution in [2.45, 2.75) is 64.1 Å². The fraction of sp³-hybridized carbons (Fsp3) is 0.355. The molecule has 0 saturated heterocycles. The van der Waals surface area contributed by atoms with Gasteiger partial charge in [-0.25, -0.2) is 12.8 Å². The molecule has 0 aliphatic rings. The Morgan fingerprint density at radius 2 is 1.54 bits per heavy atom. The lowest BCUT2D eigenvalue weighted by Crippen LogP contribution is -2.53. The lowest BCUT2D eigenvalue weighted by Gasteiger charge is -2.33. The van der Waals surface area contributed by atoms with E-state index in [-0.39, 0.29) is 29.1 Å². The molecule has 0 heterocycles. The maximum absolute atomic E-state index is 14.0. The highest BCUT2D eigenvalue weighted by molar-refractivity contribution is 7.92. The van der Waals surface area contributed by atoms with Crippen molar-refractivity contribution in [3.8, 4) is 5.75 Å². The van der Waals surface area contributed by atoms with E-state index in [4.69, 9.17) is 4.74 Å². The third-order valence-electron chi connectivity index (χ3n) is 6.70. The van der Waals surface area contributed by atoms with Crippen molar-refractivity contribution in [3.05, 3.63) is 90.2 Å². The molecule has 0 aromatic heterocycles. The van der Waals surface area contributed by atoms with E-state index < -0.39 is 34.3 Å². The van der Waals surface area contributed by atoms with Crippen LogP contribution in [-0.4, -0.2) is 50.4 Å². The van der Waals surface area contributed by atoms with Gasteiger partial charge >= 0.3 is 0 Å². The molecule has 41 heavy (non-hydrogen) atoms. The van der Waals surface area contributed by atoms with E-state index in [1.807, 2.05) is 20.8 Å². The summed E-state index contributed by atoms with van der Waals surface area (Å²) in [6, 6.07) is 19.0. The minimum Gasteiger partial charge on any atom is -0.494 e. The third-order valence-corrected chi connectivity index (χ3v) is 8.49. The molecule has 0 saturated carbocycles. The molecule has 10 heteroatoms. The van der Waals surface area contributed by atoms with Gasteiger partial charge in [0.05, 0.1) is 17.2 Å². The molecular weight excluding hydrogens is 545 g/mol. The molecule has 220 valence electrons. The minimum absolute atomic E-state index is 0.00590. The van der Waals surface area contributed by atoms with Crippen LogP contribution < -0.4 is 14.4 Å². The molecule has 8 nitrogen and oxygen atoms in total. The van der Waals surface area contributed by atoms with Crippen LogP contribution in [0.3, 0.4) is 0 Å². The summed E-state index contributed by atoms with van der Waals surface area (Å²) in [5, 5.41) is 2.93.